The summed E-state index contributed by atoms with van der Waals surface area (Å²) in [6.45, 7) is 10.2. The molecule has 0 aromatic carbocycles. The van der Waals surface area contributed by atoms with E-state index in [4.69, 9.17) is 0 Å². The molecule has 0 saturated carbocycles. The van der Waals surface area contributed by atoms with Crippen LogP contribution in [0.25, 0.3) is 0 Å². The molecule has 0 saturated heterocycles. The van der Waals surface area contributed by atoms with Crippen LogP contribution in [0.1, 0.15) is 32.6 Å². The quantitative estimate of drug-likeness (QED) is 0.702. The minimum atomic E-state index is 0.372. The molecule has 1 atom stereocenters. The van der Waals surface area contributed by atoms with E-state index in [1.165, 1.54) is 16.7 Å². The average molecular weight is 245 g/mol. The van der Waals surface area contributed by atoms with Crippen LogP contribution >= 0.6 is 11.8 Å². The summed E-state index contributed by atoms with van der Waals surface area (Å²) in [7, 11) is 0. The maximum Gasteiger partial charge on any atom is 0.100 e. The highest BCUT2D eigenvalue weighted by molar-refractivity contribution is 8.04. The molecule has 0 bridgehead atoms. The molecule has 1 aliphatic heterocycles. The maximum atomic E-state index is 4.43. The van der Waals surface area contributed by atoms with Crippen molar-refractivity contribution in [1.29, 1.82) is 0 Å². The van der Waals surface area contributed by atoms with Crippen LogP contribution in [0.3, 0.4) is 0 Å². The molecule has 1 heterocycles. The Balaban J connectivity index is 1.90. The Morgan fingerprint density at radius 2 is 2.24 bits per heavy atom. The Labute approximate surface area is 108 Å². The fourth-order valence-electron chi connectivity index (χ4n) is 2.16. The molecule has 17 heavy (non-hydrogen) atoms. The van der Waals surface area contributed by atoms with Gasteiger partial charge in [0.25, 0.3) is 0 Å². The molecule has 0 amide bonds. The first-order valence-corrected chi connectivity index (χ1v) is 7.02. The lowest BCUT2D eigenvalue weighted by molar-refractivity contribution is 0.792. The van der Waals surface area contributed by atoms with Crippen molar-refractivity contribution in [2.75, 3.05) is 0 Å². The van der Waals surface area contributed by atoms with Gasteiger partial charge in [-0.2, -0.15) is 0 Å². The van der Waals surface area contributed by atoms with Gasteiger partial charge in [-0.05, 0) is 31.3 Å². The lowest BCUT2D eigenvalue weighted by Crippen LogP contribution is -1.99. The van der Waals surface area contributed by atoms with Crippen molar-refractivity contribution in [2.45, 2.75) is 38.0 Å². The minimum absolute atomic E-state index is 0.372. The Morgan fingerprint density at radius 3 is 2.88 bits per heavy atom. The zero-order valence-electron chi connectivity index (χ0n) is 10.4. The Kier molecular flexibility index (Phi) is 4.06. The summed E-state index contributed by atoms with van der Waals surface area (Å²) in [5, 5.41) is 0.372. The summed E-state index contributed by atoms with van der Waals surface area (Å²) in [5.41, 5.74) is 4.15. The van der Waals surface area contributed by atoms with Gasteiger partial charge in [0.05, 0.1) is 0 Å². The lowest BCUT2D eigenvalue weighted by atomic mass is 9.92. The summed E-state index contributed by atoms with van der Waals surface area (Å²) in [6.07, 6.45) is 10.8. The van der Waals surface area contributed by atoms with Crippen LogP contribution in [0.4, 0.5) is 0 Å². The van der Waals surface area contributed by atoms with E-state index in [1.54, 1.807) is 11.8 Å². The van der Waals surface area contributed by atoms with Gasteiger partial charge < -0.3 is 0 Å². The van der Waals surface area contributed by atoms with E-state index in [-0.39, 0.29) is 0 Å². The SMILES string of the molecule is C=C1C=C(CCC2N=CC(=C)S2)C=C(CC)C1. The highest BCUT2D eigenvalue weighted by Crippen LogP contribution is 2.32. The molecule has 2 aliphatic rings. The highest BCUT2D eigenvalue weighted by atomic mass is 32.2. The van der Waals surface area contributed by atoms with Crippen molar-refractivity contribution < 1.29 is 0 Å². The molecular formula is C15H19NS. The fourth-order valence-corrected chi connectivity index (χ4v) is 2.99. The Hall–Kier alpha value is -1.02. The fraction of sp³-hybridized carbons (Fsp3) is 0.400. The van der Waals surface area contributed by atoms with Gasteiger partial charge in [0.1, 0.15) is 5.37 Å². The molecule has 90 valence electrons. The summed E-state index contributed by atoms with van der Waals surface area (Å²) in [4.78, 5) is 5.51. The largest absolute Gasteiger partial charge is 0.278 e. The monoisotopic (exact) mass is 245 g/mol. The molecule has 0 spiro atoms. The van der Waals surface area contributed by atoms with E-state index < -0.39 is 0 Å². The van der Waals surface area contributed by atoms with Gasteiger partial charge in [-0.3, -0.25) is 4.99 Å². The second-order valence-corrected chi connectivity index (χ2v) is 5.87. The van der Waals surface area contributed by atoms with Crippen LogP contribution in [0.5, 0.6) is 0 Å². The lowest BCUT2D eigenvalue weighted by Gasteiger charge is -2.15. The number of nitrogens with zero attached hydrogens (tertiary/aromatic N) is 1. The molecule has 1 unspecified atom stereocenters. The molecule has 0 radical (unpaired) electrons. The van der Waals surface area contributed by atoms with Crippen molar-refractivity contribution in [3.63, 3.8) is 0 Å². The van der Waals surface area contributed by atoms with Crippen LogP contribution in [0.2, 0.25) is 0 Å². The van der Waals surface area contributed by atoms with Gasteiger partial charge in [-0.1, -0.05) is 55.1 Å². The van der Waals surface area contributed by atoms with Crippen LogP contribution < -0.4 is 0 Å². The van der Waals surface area contributed by atoms with Gasteiger partial charge in [0.2, 0.25) is 0 Å². The van der Waals surface area contributed by atoms with E-state index in [1.807, 2.05) is 6.21 Å². The summed E-state index contributed by atoms with van der Waals surface area (Å²) < 4.78 is 0. The summed E-state index contributed by atoms with van der Waals surface area (Å²) in [5.74, 6) is 0. The second-order valence-electron chi connectivity index (χ2n) is 4.57. The smallest absolute Gasteiger partial charge is 0.100 e. The van der Waals surface area contributed by atoms with E-state index >= 15 is 0 Å². The van der Waals surface area contributed by atoms with Crippen LogP contribution in [0.15, 0.2) is 51.9 Å². The minimum Gasteiger partial charge on any atom is -0.278 e. The van der Waals surface area contributed by atoms with E-state index in [2.05, 4.69) is 37.2 Å². The van der Waals surface area contributed by atoms with E-state index in [0.29, 0.717) is 5.37 Å². The molecule has 1 nitrogen and oxygen atoms in total. The molecule has 2 heteroatoms. The number of thioether (sulfide) groups is 1. The molecule has 0 N–H and O–H groups in total. The van der Waals surface area contributed by atoms with Crippen molar-refractivity contribution in [2.24, 2.45) is 4.99 Å². The van der Waals surface area contributed by atoms with Gasteiger partial charge in [0, 0.05) is 11.1 Å². The molecule has 1 aliphatic carbocycles. The molecule has 2 rings (SSSR count). The average Bonchev–Trinajstić information content (AvgIpc) is 2.72. The van der Waals surface area contributed by atoms with Crippen molar-refractivity contribution in [3.8, 4) is 0 Å². The standard InChI is InChI=1S/C15H19NS/c1-4-13-7-11(2)8-14(9-13)5-6-15-16-10-12(3)17-15/h8-10,15H,2-7H2,1H3. The summed E-state index contributed by atoms with van der Waals surface area (Å²) >= 11 is 1.77. The van der Waals surface area contributed by atoms with Gasteiger partial charge in [-0.15, -0.1) is 0 Å². The van der Waals surface area contributed by atoms with E-state index in [9.17, 15) is 0 Å². The highest BCUT2D eigenvalue weighted by Gasteiger charge is 2.15. The maximum absolute atomic E-state index is 4.43. The third-order valence-electron chi connectivity index (χ3n) is 3.04. The van der Waals surface area contributed by atoms with Crippen molar-refractivity contribution in [3.05, 3.63) is 46.9 Å². The first-order valence-electron chi connectivity index (χ1n) is 6.14. The first-order chi connectivity index (χ1) is 8.17. The third-order valence-corrected chi connectivity index (χ3v) is 4.08. The van der Waals surface area contributed by atoms with Crippen molar-refractivity contribution in [1.82, 2.24) is 0 Å². The zero-order valence-corrected chi connectivity index (χ0v) is 11.2. The summed E-state index contributed by atoms with van der Waals surface area (Å²) in [6, 6.07) is 0. The van der Waals surface area contributed by atoms with Gasteiger partial charge in [0.15, 0.2) is 0 Å². The number of aliphatic imine (C=N–C) groups is 1. The molecular weight excluding hydrogens is 226 g/mol. The van der Waals surface area contributed by atoms with Crippen LogP contribution in [0, 0.1) is 0 Å². The van der Waals surface area contributed by atoms with Crippen LogP contribution in [-0.4, -0.2) is 11.6 Å². The molecule has 0 fully saturated rings. The molecule has 0 aromatic rings. The predicted molar refractivity (Wildman–Crippen MR) is 78.5 cm³/mol. The first kappa shape index (κ1) is 12.4. The zero-order chi connectivity index (χ0) is 12.3. The second kappa shape index (κ2) is 5.54. The van der Waals surface area contributed by atoms with Gasteiger partial charge in [-0.25, -0.2) is 0 Å². The van der Waals surface area contributed by atoms with E-state index in [0.717, 1.165) is 30.6 Å². The number of rotatable bonds is 4. The predicted octanol–water partition coefficient (Wildman–Crippen LogP) is 4.65. The van der Waals surface area contributed by atoms with Crippen molar-refractivity contribution >= 4 is 18.0 Å². The van der Waals surface area contributed by atoms with Crippen LogP contribution in [-0.2, 0) is 0 Å². The molecule has 0 aromatic heterocycles. The topological polar surface area (TPSA) is 12.4 Å². The number of allylic oxidation sites excluding steroid dienone is 6. The van der Waals surface area contributed by atoms with Gasteiger partial charge >= 0.3 is 0 Å². The third kappa shape index (κ3) is 3.47. The Morgan fingerprint density at radius 1 is 1.41 bits per heavy atom. The number of hydrogen-bond donors (Lipinski definition) is 0. The Bertz CT molecular complexity index is 426. The number of hydrogen-bond acceptors (Lipinski definition) is 2. The normalized spacial score (nSPS) is 23.9.